The van der Waals surface area contributed by atoms with E-state index in [1.807, 2.05) is 30.3 Å². The molecule has 27 heavy (non-hydrogen) atoms. The third-order valence-electron chi connectivity index (χ3n) is 5.36. The molecule has 1 saturated heterocycles. The molecule has 2 heterocycles. The van der Waals surface area contributed by atoms with Gasteiger partial charge in [0.05, 0.1) is 11.1 Å². The largest absolute Gasteiger partial charge is 0.341 e. The van der Waals surface area contributed by atoms with Gasteiger partial charge in [-0.25, -0.2) is 0 Å². The van der Waals surface area contributed by atoms with E-state index in [1.54, 1.807) is 29.2 Å². The highest BCUT2D eigenvalue weighted by Crippen LogP contribution is 2.27. The summed E-state index contributed by atoms with van der Waals surface area (Å²) in [5.74, 6) is -0.878. The van der Waals surface area contributed by atoms with Crippen LogP contribution < -0.4 is 0 Å². The Morgan fingerprint density at radius 1 is 0.815 bits per heavy atom. The van der Waals surface area contributed by atoms with E-state index in [-0.39, 0.29) is 17.7 Å². The van der Waals surface area contributed by atoms with Crippen molar-refractivity contribution in [3.8, 4) is 0 Å². The molecule has 0 bridgehead atoms. The molecule has 0 aromatic heterocycles. The number of fused-ring (bicyclic) bond motifs is 1. The molecule has 5 heteroatoms. The lowest BCUT2D eigenvalue weighted by molar-refractivity contribution is -0.136. The second-order valence-corrected chi connectivity index (χ2v) is 7.12. The summed E-state index contributed by atoms with van der Waals surface area (Å²) >= 11 is 0. The van der Waals surface area contributed by atoms with Crippen LogP contribution in [0.4, 0.5) is 0 Å². The van der Waals surface area contributed by atoms with Crippen LogP contribution in [-0.2, 0) is 11.2 Å². The van der Waals surface area contributed by atoms with Crippen LogP contribution in [0, 0.1) is 0 Å². The summed E-state index contributed by atoms with van der Waals surface area (Å²) < 4.78 is 0. The lowest BCUT2D eigenvalue weighted by Crippen LogP contribution is -2.53. The van der Waals surface area contributed by atoms with E-state index in [0.29, 0.717) is 30.6 Å². The molecule has 5 nitrogen and oxygen atoms in total. The molecule has 2 aromatic carbocycles. The van der Waals surface area contributed by atoms with Gasteiger partial charge in [0.1, 0.15) is 6.04 Å². The number of likely N-dealkylation sites (tertiary alicyclic amines) is 1. The predicted octanol–water partition coefficient (Wildman–Crippen LogP) is 2.91. The second-order valence-electron chi connectivity index (χ2n) is 7.12. The summed E-state index contributed by atoms with van der Waals surface area (Å²) in [7, 11) is 0. The number of amides is 3. The van der Waals surface area contributed by atoms with Crippen molar-refractivity contribution in [2.24, 2.45) is 0 Å². The van der Waals surface area contributed by atoms with E-state index in [4.69, 9.17) is 0 Å². The molecule has 0 saturated carbocycles. The minimum Gasteiger partial charge on any atom is -0.341 e. The second kappa shape index (κ2) is 7.35. The maximum absolute atomic E-state index is 13.3. The first-order valence-corrected chi connectivity index (χ1v) is 9.46. The molecule has 2 aromatic rings. The van der Waals surface area contributed by atoms with Crippen molar-refractivity contribution in [1.29, 1.82) is 0 Å². The van der Waals surface area contributed by atoms with Crippen LogP contribution in [0.2, 0.25) is 0 Å². The molecule has 2 aliphatic heterocycles. The number of nitrogens with zero attached hydrogens (tertiary/aromatic N) is 2. The average molecular weight is 362 g/mol. The number of benzene rings is 2. The van der Waals surface area contributed by atoms with Gasteiger partial charge in [-0.2, -0.15) is 0 Å². The maximum atomic E-state index is 13.3. The van der Waals surface area contributed by atoms with Gasteiger partial charge in [0.2, 0.25) is 5.91 Å². The summed E-state index contributed by atoms with van der Waals surface area (Å²) in [6.45, 7) is 1.38. The average Bonchev–Trinajstić information content (AvgIpc) is 2.98. The SMILES string of the molecule is O=C([C@@H](Cc1ccccc1)N1C(=O)c2ccccc2C1=O)N1CCCCC1. The molecule has 0 spiro atoms. The first kappa shape index (κ1) is 17.5. The quantitative estimate of drug-likeness (QED) is 0.786. The number of imide groups is 1. The van der Waals surface area contributed by atoms with Gasteiger partial charge in [-0.05, 0) is 37.0 Å². The van der Waals surface area contributed by atoms with Crippen LogP contribution in [0.5, 0.6) is 0 Å². The van der Waals surface area contributed by atoms with Crippen LogP contribution in [0.15, 0.2) is 54.6 Å². The Hall–Kier alpha value is -2.95. The maximum Gasteiger partial charge on any atom is 0.262 e. The van der Waals surface area contributed by atoms with Gasteiger partial charge in [0.25, 0.3) is 11.8 Å². The Balaban J connectivity index is 1.68. The van der Waals surface area contributed by atoms with Crippen molar-refractivity contribution in [1.82, 2.24) is 9.80 Å². The number of hydrogen-bond acceptors (Lipinski definition) is 3. The van der Waals surface area contributed by atoms with Crippen LogP contribution >= 0.6 is 0 Å². The van der Waals surface area contributed by atoms with E-state index < -0.39 is 6.04 Å². The van der Waals surface area contributed by atoms with Gasteiger partial charge in [-0.1, -0.05) is 42.5 Å². The van der Waals surface area contributed by atoms with E-state index >= 15 is 0 Å². The minimum absolute atomic E-state index is 0.131. The zero-order valence-electron chi connectivity index (χ0n) is 15.1. The molecule has 1 fully saturated rings. The molecular formula is C22H22N2O3. The first-order valence-electron chi connectivity index (χ1n) is 9.46. The Bertz CT molecular complexity index is 837. The van der Waals surface area contributed by atoms with Gasteiger partial charge >= 0.3 is 0 Å². The third-order valence-corrected chi connectivity index (χ3v) is 5.36. The summed E-state index contributed by atoms with van der Waals surface area (Å²) in [5.41, 5.74) is 1.70. The summed E-state index contributed by atoms with van der Waals surface area (Å²) in [6, 6.07) is 15.5. The number of rotatable bonds is 4. The zero-order chi connectivity index (χ0) is 18.8. The normalized spacial score (nSPS) is 17.8. The number of carbonyl (C=O) groups excluding carboxylic acids is 3. The standard InChI is InChI=1S/C22H22N2O3/c25-20-17-11-5-6-12-18(17)21(26)24(20)19(15-16-9-3-1-4-10-16)22(27)23-13-7-2-8-14-23/h1,3-6,9-12,19H,2,7-8,13-15H2/t19-/m1/s1. The van der Waals surface area contributed by atoms with E-state index in [2.05, 4.69) is 0 Å². The van der Waals surface area contributed by atoms with Crippen LogP contribution in [0.1, 0.15) is 45.5 Å². The van der Waals surface area contributed by atoms with Gasteiger partial charge < -0.3 is 4.90 Å². The fourth-order valence-corrected chi connectivity index (χ4v) is 3.94. The summed E-state index contributed by atoms with van der Waals surface area (Å²) in [6.07, 6.45) is 3.37. The third kappa shape index (κ3) is 3.25. The Morgan fingerprint density at radius 3 is 1.96 bits per heavy atom. The molecule has 3 amide bonds. The highest BCUT2D eigenvalue weighted by molar-refractivity contribution is 6.22. The smallest absolute Gasteiger partial charge is 0.262 e. The monoisotopic (exact) mass is 362 g/mol. The lowest BCUT2D eigenvalue weighted by Gasteiger charge is -2.33. The predicted molar refractivity (Wildman–Crippen MR) is 101 cm³/mol. The Morgan fingerprint density at radius 2 is 1.37 bits per heavy atom. The number of hydrogen-bond donors (Lipinski definition) is 0. The minimum atomic E-state index is -0.807. The van der Waals surface area contributed by atoms with Crippen molar-refractivity contribution < 1.29 is 14.4 Å². The van der Waals surface area contributed by atoms with Gasteiger partial charge in [0.15, 0.2) is 0 Å². The van der Waals surface area contributed by atoms with Crippen LogP contribution in [0.3, 0.4) is 0 Å². The van der Waals surface area contributed by atoms with Gasteiger partial charge in [-0.15, -0.1) is 0 Å². The van der Waals surface area contributed by atoms with Crippen LogP contribution in [-0.4, -0.2) is 46.7 Å². The zero-order valence-corrected chi connectivity index (χ0v) is 15.1. The summed E-state index contributed by atoms with van der Waals surface area (Å²) in [5, 5.41) is 0. The first-order chi connectivity index (χ1) is 13.2. The number of piperidine rings is 1. The summed E-state index contributed by atoms with van der Waals surface area (Å²) in [4.78, 5) is 42.2. The molecular weight excluding hydrogens is 340 g/mol. The number of carbonyl (C=O) groups is 3. The molecule has 1 atom stereocenters. The molecule has 138 valence electrons. The highest BCUT2D eigenvalue weighted by atomic mass is 16.2. The Labute approximate surface area is 158 Å². The van der Waals surface area contributed by atoms with E-state index in [1.165, 1.54) is 4.90 Å². The fraction of sp³-hybridized carbons (Fsp3) is 0.318. The van der Waals surface area contributed by atoms with Gasteiger partial charge in [-0.3, -0.25) is 19.3 Å². The highest BCUT2D eigenvalue weighted by Gasteiger charge is 2.43. The van der Waals surface area contributed by atoms with Crippen LogP contribution in [0.25, 0.3) is 0 Å². The van der Waals surface area contributed by atoms with Crippen molar-refractivity contribution >= 4 is 17.7 Å². The van der Waals surface area contributed by atoms with Crippen molar-refractivity contribution in [2.45, 2.75) is 31.7 Å². The lowest BCUT2D eigenvalue weighted by atomic mass is 10.0. The van der Waals surface area contributed by atoms with E-state index in [0.717, 1.165) is 24.8 Å². The molecule has 2 aliphatic rings. The molecule has 4 rings (SSSR count). The topological polar surface area (TPSA) is 57.7 Å². The fourth-order valence-electron chi connectivity index (χ4n) is 3.94. The molecule has 0 N–H and O–H groups in total. The van der Waals surface area contributed by atoms with Crippen molar-refractivity contribution in [2.75, 3.05) is 13.1 Å². The Kier molecular flexibility index (Phi) is 4.75. The van der Waals surface area contributed by atoms with Gasteiger partial charge in [0, 0.05) is 19.5 Å². The van der Waals surface area contributed by atoms with Crippen molar-refractivity contribution in [3.05, 3.63) is 71.3 Å². The van der Waals surface area contributed by atoms with Crippen molar-refractivity contribution in [3.63, 3.8) is 0 Å². The molecule has 0 radical (unpaired) electrons. The molecule has 0 unspecified atom stereocenters. The molecule has 0 aliphatic carbocycles. The van der Waals surface area contributed by atoms with E-state index in [9.17, 15) is 14.4 Å².